The maximum absolute atomic E-state index is 12.7. The van der Waals surface area contributed by atoms with E-state index in [1.54, 1.807) is 50.2 Å². The van der Waals surface area contributed by atoms with Crippen LogP contribution in [0, 0.1) is 17.2 Å². The molecule has 0 aliphatic rings. The van der Waals surface area contributed by atoms with Crippen LogP contribution in [0.4, 0.5) is 13.2 Å². The number of benzene rings is 1. The molecular weight excluding hydrogens is 269 g/mol. The average molecular weight is 284 g/mol. The fourth-order valence-corrected chi connectivity index (χ4v) is 1.82. The molecule has 1 amide bonds. The number of amides is 1. The monoisotopic (exact) mass is 284 g/mol. The van der Waals surface area contributed by atoms with Crippen LogP contribution in [0.1, 0.15) is 19.4 Å². The van der Waals surface area contributed by atoms with Crippen LogP contribution in [-0.2, 0) is 11.3 Å². The van der Waals surface area contributed by atoms with Crippen molar-refractivity contribution >= 4 is 5.91 Å². The third-order valence-electron chi connectivity index (χ3n) is 2.80. The van der Waals surface area contributed by atoms with Gasteiger partial charge in [-0.05, 0) is 11.5 Å². The number of rotatable bonds is 4. The summed E-state index contributed by atoms with van der Waals surface area (Å²) in [6.07, 6.45) is -4.99. The van der Waals surface area contributed by atoms with Gasteiger partial charge in [-0.3, -0.25) is 4.79 Å². The molecule has 0 unspecified atom stereocenters. The standard InChI is InChI=1S/C14H15F3N2O/c1-10(2)12(8-18)19(13(20)14(15,16)17)9-11-6-4-3-5-7-11/h3-7,10,12H,9H2,1-2H3/t12-/m0/s1. The molecule has 0 saturated carbocycles. The van der Waals surface area contributed by atoms with Gasteiger partial charge in [-0.2, -0.15) is 18.4 Å². The van der Waals surface area contributed by atoms with E-state index in [2.05, 4.69) is 0 Å². The summed E-state index contributed by atoms with van der Waals surface area (Å²) in [6.45, 7) is 2.97. The molecule has 0 aliphatic carbocycles. The second-order valence-corrected chi connectivity index (χ2v) is 4.73. The Kier molecular flexibility index (Phi) is 5.14. The minimum absolute atomic E-state index is 0.240. The lowest BCUT2D eigenvalue weighted by atomic mass is 10.0. The largest absolute Gasteiger partial charge is 0.471 e. The van der Waals surface area contributed by atoms with Crippen molar-refractivity contribution in [1.29, 1.82) is 5.26 Å². The fraction of sp³-hybridized carbons (Fsp3) is 0.429. The topological polar surface area (TPSA) is 44.1 Å². The van der Waals surface area contributed by atoms with Gasteiger partial charge in [0.25, 0.3) is 0 Å². The van der Waals surface area contributed by atoms with Gasteiger partial charge in [0.05, 0.1) is 6.07 Å². The predicted octanol–water partition coefficient (Wildman–Crippen LogP) is 3.13. The van der Waals surface area contributed by atoms with Crippen LogP contribution in [0.5, 0.6) is 0 Å². The Labute approximate surface area is 115 Å². The smallest absolute Gasteiger partial charge is 0.314 e. The molecule has 1 aromatic carbocycles. The zero-order valence-corrected chi connectivity index (χ0v) is 11.2. The van der Waals surface area contributed by atoms with Gasteiger partial charge < -0.3 is 4.90 Å². The van der Waals surface area contributed by atoms with Crippen LogP contribution in [0.3, 0.4) is 0 Å². The van der Waals surface area contributed by atoms with Crippen molar-refractivity contribution in [1.82, 2.24) is 4.90 Å². The van der Waals surface area contributed by atoms with E-state index in [0.29, 0.717) is 10.5 Å². The molecule has 0 spiro atoms. The van der Waals surface area contributed by atoms with Crippen molar-refractivity contribution in [3.05, 3.63) is 35.9 Å². The summed E-state index contributed by atoms with van der Waals surface area (Å²) >= 11 is 0. The van der Waals surface area contributed by atoms with Crippen molar-refractivity contribution in [2.24, 2.45) is 5.92 Å². The van der Waals surface area contributed by atoms with Gasteiger partial charge in [0.1, 0.15) is 6.04 Å². The molecule has 0 fully saturated rings. The first-order chi connectivity index (χ1) is 9.27. The van der Waals surface area contributed by atoms with Crippen molar-refractivity contribution in [3.63, 3.8) is 0 Å². The average Bonchev–Trinajstić information content (AvgIpc) is 2.37. The highest BCUT2D eigenvalue weighted by Crippen LogP contribution is 2.24. The highest BCUT2D eigenvalue weighted by molar-refractivity contribution is 5.82. The van der Waals surface area contributed by atoms with Gasteiger partial charge in [0.2, 0.25) is 0 Å². The number of hydrogen-bond donors (Lipinski definition) is 0. The molecule has 0 heterocycles. The van der Waals surface area contributed by atoms with E-state index in [4.69, 9.17) is 5.26 Å². The number of nitrogens with zero attached hydrogens (tertiary/aromatic N) is 2. The van der Waals surface area contributed by atoms with Crippen LogP contribution >= 0.6 is 0 Å². The summed E-state index contributed by atoms with van der Waals surface area (Å²) in [5.74, 6) is -2.38. The molecule has 108 valence electrons. The van der Waals surface area contributed by atoms with Gasteiger partial charge in [0, 0.05) is 6.54 Å². The number of carbonyl (C=O) groups excluding carboxylic acids is 1. The van der Waals surface area contributed by atoms with Crippen molar-refractivity contribution in [2.45, 2.75) is 32.6 Å². The highest BCUT2D eigenvalue weighted by Gasteiger charge is 2.45. The molecule has 0 aliphatic heterocycles. The van der Waals surface area contributed by atoms with Crippen LogP contribution in [0.15, 0.2) is 30.3 Å². The Hall–Kier alpha value is -2.03. The molecule has 0 aromatic heterocycles. The van der Waals surface area contributed by atoms with E-state index in [9.17, 15) is 18.0 Å². The third-order valence-corrected chi connectivity index (χ3v) is 2.80. The number of hydrogen-bond acceptors (Lipinski definition) is 2. The minimum atomic E-state index is -4.99. The van der Waals surface area contributed by atoms with Crippen molar-refractivity contribution in [3.8, 4) is 6.07 Å². The van der Waals surface area contributed by atoms with E-state index >= 15 is 0 Å². The lowest BCUT2D eigenvalue weighted by molar-refractivity contribution is -0.188. The van der Waals surface area contributed by atoms with E-state index in [1.165, 1.54) is 0 Å². The maximum Gasteiger partial charge on any atom is 0.471 e. The number of alkyl halides is 3. The molecule has 0 N–H and O–H groups in total. The number of nitriles is 1. The van der Waals surface area contributed by atoms with Crippen molar-refractivity contribution < 1.29 is 18.0 Å². The second-order valence-electron chi connectivity index (χ2n) is 4.73. The zero-order chi connectivity index (χ0) is 15.3. The molecule has 6 heteroatoms. The van der Waals surface area contributed by atoms with Gasteiger partial charge in [-0.25, -0.2) is 0 Å². The molecule has 0 bridgehead atoms. The molecule has 3 nitrogen and oxygen atoms in total. The van der Waals surface area contributed by atoms with E-state index in [1.807, 2.05) is 0 Å². The second kappa shape index (κ2) is 6.42. The Bertz CT molecular complexity index is 491. The third kappa shape index (κ3) is 3.98. The van der Waals surface area contributed by atoms with E-state index < -0.39 is 24.0 Å². The van der Waals surface area contributed by atoms with Gasteiger partial charge in [-0.15, -0.1) is 0 Å². The molecule has 20 heavy (non-hydrogen) atoms. The van der Waals surface area contributed by atoms with Gasteiger partial charge in [-0.1, -0.05) is 44.2 Å². The highest BCUT2D eigenvalue weighted by atomic mass is 19.4. The zero-order valence-electron chi connectivity index (χ0n) is 11.2. The molecule has 0 saturated heterocycles. The maximum atomic E-state index is 12.7. The van der Waals surface area contributed by atoms with Gasteiger partial charge >= 0.3 is 12.1 Å². The molecule has 1 rings (SSSR count). The quantitative estimate of drug-likeness (QED) is 0.852. The summed E-state index contributed by atoms with van der Waals surface area (Å²) < 4.78 is 38.0. The normalized spacial score (nSPS) is 12.8. The van der Waals surface area contributed by atoms with Crippen LogP contribution in [-0.4, -0.2) is 23.0 Å². The number of carbonyl (C=O) groups is 1. The predicted molar refractivity (Wildman–Crippen MR) is 67.3 cm³/mol. The van der Waals surface area contributed by atoms with Crippen LogP contribution in [0.25, 0.3) is 0 Å². The summed E-state index contributed by atoms with van der Waals surface area (Å²) in [7, 11) is 0. The molecular formula is C14H15F3N2O. The van der Waals surface area contributed by atoms with Crippen LogP contribution < -0.4 is 0 Å². The Morgan fingerprint density at radius 1 is 1.30 bits per heavy atom. The lowest BCUT2D eigenvalue weighted by Crippen LogP contribution is -2.48. The minimum Gasteiger partial charge on any atom is -0.314 e. The molecule has 1 aromatic rings. The Morgan fingerprint density at radius 2 is 1.85 bits per heavy atom. The first-order valence-electron chi connectivity index (χ1n) is 6.08. The molecule has 0 radical (unpaired) electrons. The lowest BCUT2D eigenvalue weighted by Gasteiger charge is -2.30. The summed E-state index contributed by atoms with van der Waals surface area (Å²) in [6, 6.07) is 8.96. The first kappa shape index (κ1) is 16.0. The summed E-state index contributed by atoms with van der Waals surface area (Å²) in [5.41, 5.74) is 0.547. The SMILES string of the molecule is CC(C)[C@H](C#N)N(Cc1ccccc1)C(=O)C(F)(F)F. The van der Waals surface area contributed by atoms with E-state index in [0.717, 1.165) is 0 Å². The Morgan fingerprint density at radius 3 is 2.25 bits per heavy atom. The van der Waals surface area contributed by atoms with E-state index in [-0.39, 0.29) is 6.54 Å². The fourth-order valence-electron chi connectivity index (χ4n) is 1.82. The van der Waals surface area contributed by atoms with Gasteiger partial charge in [0.15, 0.2) is 0 Å². The first-order valence-corrected chi connectivity index (χ1v) is 6.08. The Balaban J connectivity index is 3.08. The van der Waals surface area contributed by atoms with Crippen LogP contribution in [0.2, 0.25) is 0 Å². The summed E-state index contributed by atoms with van der Waals surface area (Å²) in [5, 5.41) is 9.05. The van der Waals surface area contributed by atoms with Crippen molar-refractivity contribution in [2.75, 3.05) is 0 Å². The summed E-state index contributed by atoms with van der Waals surface area (Å²) in [4.78, 5) is 12.1. The molecule has 1 atom stereocenters. The number of halogens is 3.